The molecule has 0 aliphatic rings. The molecule has 0 spiro atoms. The van der Waals surface area contributed by atoms with Gasteiger partial charge in [-0.3, -0.25) is 0 Å². The highest BCUT2D eigenvalue weighted by Gasteiger charge is 2.16. The first-order valence-corrected chi connectivity index (χ1v) is 4.89. The molecule has 0 amide bonds. The number of nitrogens with zero attached hydrogens (tertiary/aromatic N) is 1. The topological polar surface area (TPSA) is 48.1 Å². The summed E-state index contributed by atoms with van der Waals surface area (Å²) in [7, 11) is 1.36. The van der Waals surface area contributed by atoms with Crippen molar-refractivity contribution >= 4 is 21.7 Å². The highest BCUT2D eigenvalue weighted by Crippen LogP contribution is 2.30. The van der Waals surface area contributed by atoms with Crippen LogP contribution in [-0.2, 0) is 5.33 Å². The lowest BCUT2D eigenvalue weighted by atomic mass is 10.2. The Labute approximate surface area is 88.4 Å². The molecule has 1 aromatic rings. The third-order valence-corrected chi connectivity index (χ3v) is 2.24. The number of nitrogens with two attached hydrogens (primary N) is 1. The number of hydrogen-bond donors (Lipinski definition) is 1. The van der Waals surface area contributed by atoms with E-state index in [2.05, 4.69) is 20.9 Å². The van der Waals surface area contributed by atoms with Crippen LogP contribution in [0, 0.1) is 0 Å². The Bertz CT molecular complexity index is 333. The highest BCUT2D eigenvalue weighted by molar-refractivity contribution is 9.08. The number of hydrogen-bond acceptors (Lipinski definition) is 3. The first-order chi connectivity index (χ1) is 6.60. The predicted octanol–water partition coefficient (Wildman–Crippen LogP) is 2.50. The Balaban J connectivity index is 3.25. The molecule has 78 valence electrons. The van der Waals surface area contributed by atoms with E-state index in [-0.39, 0.29) is 28.2 Å². The van der Waals surface area contributed by atoms with Crippen molar-refractivity contribution in [1.29, 1.82) is 0 Å². The number of rotatable bonds is 3. The zero-order valence-electron chi connectivity index (χ0n) is 7.43. The molecule has 0 radical (unpaired) electrons. The molecule has 0 saturated heterocycles. The number of halogens is 3. The summed E-state index contributed by atoms with van der Waals surface area (Å²) in [6.07, 6.45) is -2.58. The molecule has 3 nitrogen and oxygen atoms in total. The maximum absolute atomic E-state index is 12.5. The van der Waals surface area contributed by atoms with Gasteiger partial charge in [0, 0.05) is 10.9 Å². The maximum Gasteiger partial charge on any atom is 0.265 e. The Kier molecular flexibility index (Phi) is 3.62. The molecule has 0 bridgehead atoms. The molecule has 0 atom stereocenters. The van der Waals surface area contributed by atoms with E-state index in [0.29, 0.717) is 0 Å². The van der Waals surface area contributed by atoms with Gasteiger partial charge >= 0.3 is 0 Å². The van der Waals surface area contributed by atoms with Crippen LogP contribution in [0.4, 0.5) is 14.6 Å². The Morgan fingerprint density at radius 2 is 2.29 bits per heavy atom. The van der Waals surface area contributed by atoms with E-state index in [1.54, 1.807) is 0 Å². The molecular formula is C8H9BrF2N2O. The van der Waals surface area contributed by atoms with Gasteiger partial charge in [-0.2, -0.15) is 0 Å². The fourth-order valence-corrected chi connectivity index (χ4v) is 1.47. The van der Waals surface area contributed by atoms with Crippen molar-refractivity contribution < 1.29 is 13.5 Å². The Hall–Kier alpha value is -0.910. The second-order valence-electron chi connectivity index (χ2n) is 2.55. The fourth-order valence-electron chi connectivity index (χ4n) is 1.02. The number of methoxy groups -OCH3 is 1. The van der Waals surface area contributed by atoms with E-state index in [9.17, 15) is 8.78 Å². The molecule has 0 aliphatic carbocycles. The number of anilines is 1. The Morgan fingerprint density at radius 1 is 1.64 bits per heavy atom. The summed E-state index contributed by atoms with van der Waals surface area (Å²) in [5.41, 5.74) is 5.55. The van der Waals surface area contributed by atoms with Crippen LogP contribution >= 0.6 is 15.9 Å². The normalized spacial score (nSPS) is 10.6. The number of aromatic nitrogens is 1. The second-order valence-corrected chi connectivity index (χ2v) is 3.11. The SMILES string of the molecule is COc1cc(C(F)F)c(CBr)nc1N. The van der Waals surface area contributed by atoms with Crippen LogP contribution in [0.25, 0.3) is 0 Å². The minimum absolute atomic E-state index is 0.117. The van der Waals surface area contributed by atoms with Crippen molar-refractivity contribution in [3.63, 3.8) is 0 Å². The van der Waals surface area contributed by atoms with Crippen LogP contribution in [0.15, 0.2) is 6.07 Å². The van der Waals surface area contributed by atoms with Crippen LogP contribution in [-0.4, -0.2) is 12.1 Å². The van der Waals surface area contributed by atoms with E-state index in [4.69, 9.17) is 10.5 Å². The molecule has 1 heterocycles. The summed E-state index contributed by atoms with van der Waals surface area (Å²) in [5.74, 6) is 0.288. The van der Waals surface area contributed by atoms with Gasteiger partial charge in [0.25, 0.3) is 6.43 Å². The Morgan fingerprint density at radius 3 is 2.71 bits per heavy atom. The van der Waals surface area contributed by atoms with Gasteiger partial charge in [-0.25, -0.2) is 13.8 Å². The molecule has 0 unspecified atom stereocenters. The van der Waals surface area contributed by atoms with E-state index >= 15 is 0 Å². The molecule has 1 aromatic heterocycles. The average Bonchev–Trinajstić information content (AvgIpc) is 2.16. The van der Waals surface area contributed by atoms with Gasteiger partial charge in [0.1, 0.15) is 0 Å². The van der Waals surface area contributed by atoms with E-state index < -0.39 is 6.43 Å². The molecule has 6 heteroatoms. The third kappa shape index (κ3) is 2.12. The molecule has 0 aromatic carbocycles. The number of ether oxygens (including phenoxy) is 1. The smallest absolute Gasteiger partial charge is 0.265 e. The van der Waals surface area contributed by atoms with Crippen LogP contribution < -0.4 is 10.5 Å². The van der Waals surface area contributed by atoms with E-state index in [1.807, 2.05) is 0 Å². The van der Waals surface area contributed by atoms with Crippen molar-refractivity contribution in [3.8, 4) is 5.75 Å². The fraction of sp³-hybridized carbons (Fsp3) is 0.375. The predicted molar refractivity (Wildman–Crippen MR) is 52.8 cm³/mol. The summed E-state index contributed by atoms with van der Waals surface area (Å²) in [6.45, 7) is 0. The van der Waals surface area contributed by atoms with Crippen molar-refractivity contribution in [2.24, 2.45) is 0 Å². The van der Waals surface area contributed by atoms with Crippen molar-refractivity contribution in [2.45, 2.75) is 11.8 Å². The van der Waals surface area contributed by atoms with Gasteiger partial charge in [0.05, 0.1) is 12.8 Å². The van der Waals surface area contributed by atoms with Crippen LogP contribution in [0.1, 0.15) is 17.7 Å². The van der Waals surface area contributed by atoms with Gasteiger partial charge in [0.15, 0.2) is 11.6 Å². The first-order valence-electron chi connectivity index (χ1n) is 3.77. The standard InChI is InChI=1S/C8H9BrF2N2O/c1-14-6-2-4(7(10)11)5(3-9)13-8(6)12/h2,7H,3H2,1H3,(H2,12,13). The minimum atomic E-state index is -2.58. The van der Waals surface area contributed by atoms with Gasteiger partial charge in [-0.15, -0.1) is 0 Å². The molecule has 1 rings (SSSR count). The molecule has 14 heavy (non-hydrogen) atoms. The van der Waals surface area contributed by atoms with Gasteiger partial charge in [-0.05, 0) is 6.07 Å². The highest BCUT2D eigenvalue weighted by atomic mass is 79.9. The summed E-state index contributed by atoms with van der Waals surface area (Å²) >= 11 is 3.07. The largest absolute Gasteiger partial charge is 0.493 e. The number of pyridine rings is 1. The van der Waals surface area contributed by atoms with Crippen molar-refractivity contribution in [1.82, 2.24) is 4.98 Å². The number of nitrogen functional groups attached to an aromatic ring is 1. The average molecular weight is 267 g/mol. The molecule has 0 fully saturated rings. The summed E-state index contributed by atoms with van der Waals surface area (Å²) in [5, 5.41) is 0.237. The lowest BCUT2D eigenvalue weighted by Gasteiger charge is -2.10. The van der Waals surface area contributed by atoms with E-state index in [1.165, 1.54) is 13.2 Å². The van der Waals surface area contributed by atoms with Crippen molar-refractivity contribution in [3.05, 3.63) is 17.3 Å². The van der Waals surface area contributed by atoms with Crippen molar-refractivity contribution in [2.75, 3.05) is 12.8 Å². The monoisotopic (exact) mass is 266 g/mol. The molecule has 0 aliphatic heterocycles. The lowest BCUT2D eigenvalue weighted by Crippen LogP contribution is -2.03. The van der Waals surface area contributed by atoms with Crippen LogP contribution in [0.3, 0.4) is 0 Å². The quantitative estimate of drug-likeness (QED) is 0.856. The molecular weight excluding hydrogens is 258 g/mol. The zero-order valence-corrected chi connectivity index (χ0v) is 9.01. The zero-order chi connectivity index (χ0) is 10.7. The lowest BCUT2D eigenvalue weighted by molar-refractivity contribution is 0.149. The number of alkyl halides is 3. The maximum atomic E-state index is 12.5. The van der Waals surface area contributed by atoms with Gasteiger partial charge < -0.3 is 10.5 Å². The van der Waals surface area contributed by atoms with Gasteiger partial charge in [-0.1, -0.05) is 15.9 Å². The third-order valence-electron chi connectivity index (χ3n) is 1.71. The van der Waals surface area contributed by atoms with Crippen LogP contribution in [0.2, 0.25) is 0 Å². The molecule has 0 saturated carbocycles. The minimum Gasteiger partial charge on any atom is -0.493 e. The summed E-state index contributed by atoms with van der Waals surface area (Å²) in [4.78, 5) is 3.81. The van der Waals surface area contributed by atoms with E-state index in [0.717, 1.165) is 0 Å². The second kappa shape index (κ2) is 4.54. The summed E-state index contributed by atoms with van der Waals surface area (Å²) in [6, 6.07) is 1.21. The first kappa shape index (κ1) is 11.2. The molecule has 2 N–H and O–H groups in total. The summed E-state index contributed by atoms with van der Waals surface area (Å²) < 4.78 is 29.8. The van der Waals surface area contributed by atoms with Gasteiger partial charge in [0.2, 0.25) is 0 Å². The van der Waals surface area contributed by atoms with Crippen LogP contribution in [0.5, 0.6) is 5.75 Å².